The van der Waals surface area contributed by atoms with Gasteiger partial charge in [0.1, 0.15) is 0 Å². The second kappa shape index (κ2) is 11.0. The van der Waals surface area contributed by atoms with E-state index in [0.717, 1.165) is 13.0 Å². The van der Waals surface area contributed by atoms with Crippen molar-refractivity contribution in [3.8, 4) is 0 Å². The Bertz CT molecular complexity index is 156. The topological polar surface area (TPSA) is 30.5 Å². The molecule has 0 heterocycles. The van der Waals surface area contributed by atoms with E-state index in [1.807, 2.05) is 0 Å². The molecule has 104 valence electrons. The molecule has 0 radical (unpaired) electrons. The molecule has 3 nitrogen and oxygen atoms in total. The minimum Gasteiger partial charge on any atom is -0.376 e. The van der Waals surface area contributed by atoms with Gasteiger partial charge in [-0.25, -0.2) is 0 Å². The largest absolute Gasteiger partial charge is 0.376 e. The zero-order chi connectivity index (χ0) is 13.1. The van der Waals surface area contributed by atoms with Crippen LogP contribution in [0.4, 0.5) is 0 Å². The molecule has 0 aliphatic heterocycles. The van der Waals surface area contributed by atoms with E-state index in [9.17, 15) is 0 Å². The molecule has 0 saturated carbocycles. The van der Waals surface area contributed by atoms with Gasteiger partial charge >= 0.3 is 0 Å². The Hall–Kier alpha value is -0.120. The third kappa shape index (κ3) is 8.58. The van der Waals surface area contributed by atoms with Crippen LogP contribution >= 0.6 is 0 Å². The van der Waals surface area contributed by atoms with E-state index in [2.05, 4.69) is 39.9 Å². The highest BCUT2D eigenvalue weighted by Crippen LogP contribution is 2.10. The molecule has 0 aliphatic carbocycles. The van der Waals surface area contributed by atoms with Gasteiger partial charge < -0.3 is 14.8 Å². The van der Waals surface area contributed by atoms with Gasteiger partial charge in [0.25, 0.3) is 0 Å². The number of hydrogen-bond donors (Lipinski definition) is 1. The van der Waals surface area contributed by atoms with Crippen LogP contribution in [0.5, 0.6) is 0 Å². The molecule has 0 amide bonds. The first-order valence-corrected chi connectivity index (χ1v) is 7.12. The maximum absolute atomic E-state index is 5.92. The quantitative estimate of drug-likeness (QED) is 0.568. The van der Waals surface area contributed by atoms with E-state index in [1.165, 1.54) is 12.8 Å². The van der Waals surface area contributed by atoms with Gasteiger partial charge in [0.2, 0.25) is 0 Å². The smallest absolute Gasteiger partial charge is 0.0726 e. The van der Waals surface area contributed by atoms with Crippen LogP contribution < -0.4 is 5.32 Å². The second-order valence-electron chi connectivity index (χ2n) is 4.69. The van der Waals surface area contributed by atoms with E-state index < -0.39 is 0 Å². The van der Waals surface area contributed by atoms with E-state index >= 15 is 0 Å². The van der Waals surface area contributed by atoms with Crippen LogP contribution in [0, 0.1) is 0 Å². The number of rotatable bonds is 11. The lowest BCUT2D eigenvalue weighted by atomic mass is 10.0. The molecule has 0 aliphatic rings. The van der Waals surface area contributed by atoms with Crippen LogP contribution in [-0.2, 0) is 9.47 Å². The molecule has 0 saturated heterocycles. The lowest BCUT2D eigenvalue weighted by Gasteiger charge is -2.27. The average molecular weight is 245 g/mol. The summed E-state index contributed by atoms with van der Waals surface area (Å²) in [5.41, 5.74) is 0. The second-order valence-corrected chi connectivity index (χ2v) is 4.69. The van der Waals surface area contributed by atoms with Gasteiger partial charge in [-0.3, -0.25) is 0 Å². The van der Waals surface area contributed by atoms with Crippen molar-refractivity contribution in [1.82, 2.24) is 5.32 Å². The molecule has 0 rings (SSSR count). The molecular weight excluding hydrogens is 214 g/mol. The summed E-state index contributed by atoms with van der Waals surface area (Å²) in [5.74, 6) is 0. The van der Waals surface area contributed by atoms with Gasteiger partial charge in [0.05, 0.1) is 25.4 Å². The van der Waals surface area contributed by atoms with Crippen molar-refractivity contribution in [2.75, 3.05) is 19.8 Å². The molecule has 2 unspecified atom stereocenters. The molecule has 17 heavy (non-hydrogen) atoms. The van der Waals surface area contributed by atoms with Gasteiger partial charge in [0, 0.05) is 6.04 Å². The lowest BCUT2D eigenvalue weighted by Crippen LogP contribution is -2.41. The van der Waals surface area contributed by atoms with Gasteiger partial charge in [-0.2, -0.15) is 0 Å². The highest BCUT2D eigenvalue weighted by atomic mass is 16.5. The summed E-state index contributed by atoms with van der Waals surface area (Å²) in [4.78, 5) is 0. The van der Waals surface area contributed by atoms with Crippen molar-refractivity contribution in [2.45, 2.75) is 72.1 Å². The SMILES string of the molecule is CCCC(NCC)C(CC)OCCOC(C)C. The number of likely N-dealkylation sites (N-methyl/N-ethyl adjacent to an activating group) is 1. The summed E-state index contributed by atoms with van der Waals surface area (Å²) >= 11 is 0. The summed E-state index contributed by atoms with van der Waals surface area (Å²) in [6.07, 6.45) is 4.03. The maximum atomic E-state index is 5.92. The third-order valence-corrected chi connectivity index (χ3v) is 2.78. The van der Waals surface area contributed by atoms with Crippen molar-refractivity contribution in [3.05, 3.63) is 0 Å². The van der Waals surface area contributed by atoms with Crippen molar-refractivity contribution >= 4 is 0 Å². The van der Waals surface area contributed by atoms with Crippen molar-refractivity contribution < 1.29 is 9.47 Å². The van der Waals surface area contributed by atoms with Crippen LogP contribution in [0.3, 0.4) is 0 Å². The first kappa shape index (κ1) is 16.9. The number of nitrogens with one attached hydrogen (secondary N) is 1. The summed E-state index contributed by atoms with van der Waals surface area (Å²) in [6.45, 7) is 13.1. The minimum absolute atomic E-state index is 0.291. The molecule has 0 aromatic carbocycles. The van der Waals surface area contributed by atoms with Crippen molar-refractivity contribution in [3.63, 3.8) is 0 Å². The van der Waals surface area contributed by atoms with Gasteiger partial charge in [-0.05, 0) is 33.2 Å². The molecule has 0 aromatic heterocycles. The fourth-order valence-electron chi connectivity index (χ4n) is 1.99. The zero-order valence-electron chi connectivity index (χ0n) is 12.3. The van der Waals surface area contributed by atoms with Crippen LogP contribution in [0.15, 0.2) is 0 Å². The van der Waals surface area contributed by atoms with Crippen molar-refractivity contribution in [1.29, 1.82) is 0 Å². The Morgan fingerprint density at radius 1 is 1.00 bits per heavy atom. The van der Waals surface area contributed by atoms with Crippen molar-refractivity contribution in [2.24, 2.45) is 0 Å². The molecule has 0 spiro atoms. The highest BCUT2D eigenvalue weighted by molar-refractivity contribution is 4.75. The summed E-state index contributed by atoms with van der Waals surface area (Å²) in [5, 5.41) is 3.52. The molecule has 0 aromatic rings. The highest BCUT2D eigenvalue weighted by Gasteiger charge is 2.18. The third-order valence-electron chi connectivity index (χ3n) is 2.78. The molecule has 3 heteroatoms. The van der Waals surface area contributed by atoms with Gasteiger partial charge in [-0.15, -0.1) is 0 Å². The van der Waals surface area contributed by atoms with Crippen LogP contribution in [0.25, 0.3) is 0 Å². The van der Waals surface area contributed by atoms with E-state index in [1.54, 1.807) is 0 Å². The van der Waals surface area contributed by atoms with Crippen LogP contribution in [0.2, 0.25) is 0 Å². The maximum Gasteiger partial charge on any atom is 0.0726 e. The fourth-order valence-corrected chi connectivity index (χ4v) is 1.99. The standard InChI is InChI=1S/C14H31NO2/c1-6-9-13(15-8-3)14(7-2)17-11-10-16-12(4)5/h12-15H,6-11H2,1-5H3. The zero-order valence-corrected chi connectivity index (χ0v) is 12.3. The predicted octanol–water partition coefficient (Wildman–Crippen LogP) is 2.98. The first-order valence-electron chi connectivity index (χ1n) is 7.12. The molecular formula is C14H31NO2. The van der Waals surface area contributed by atoms with Crippen LogP contribution in [-0.4, -0.2) is 38.0 Å². The van der Waals surface area contributed by atoms with Crippen LogP contribution in [0.1, 0.15) is 53.9 Å². The van der Waals surface area contributed by atoms with Gasteiger partial charge in [0.15, 0.2) is 0 Å². The Balaban J connectivity index is 3.91. The normalized spacial score (nSPS) is 15.2. The monoisotopic (exact) mass is 245 g/mol. The Morgan fingerprint density at radius 3 is 2.12 bits per heavy atom. The Morgan fingerprint density at radius 2 is 1.65 bits per heavy atom. The van der Waals surface area contributed by atoms with E-state index in [-0.39, 0.29) is 0 Å². The summed E-state index contributed by atoms with van der Waals surface area (Å²) in [6, 6.07) is 0.481. The lowest BCUT2D eigenvalue weighted by molar-refractivity contribution is -0.0274. The van der Waals surface area contributed by atoms with E-state index in [4.69, 9.17) is 9.47 Å². The number of hydrogen-bond acceptors (Lipinski definition) is 3. The average Bonchev–Trinajstić information content (AvgIpc) is 2.29. The summed E-state index contributed by atoms with van der Waals surface area (Å²) < 4.78 is 11.4. The van der Waals surface area contributed by atoms with Gasteiger partial charge in [-0.1, -0.05) is 27.2 Å². The molecule has 0 bridgehead atoms. The fraction of sp³-hybridized carbons (Fsp3) is 1.00. The Kier molecular flexibility index (Phi) is 10.9. The van der Waals surface area contributed by atoms with E-state index in [0.29, 0.717) is 31.5 Å². The molecule has 1 N–H and O–H groups in total. The number of ether oxygens (including phenoxy) is 2. The minimum atomic E-state index is 0.291. The Labute approximate surface area is 107 Å². The predicted molar refractivity (Wildman–Crippen MR) is 73.5 cm³/mol. The summed E-state index contributed by atoms with van der Waals surface area (Å²) in [7, 11) is 0. The first-order chi connectivity index (χ1) is 8.15. The molecule has 2 atom stereocenters. The molecule has 0 fully saturated rings.